The minimum Gasteiger partial charge on any atom is -0.311 e. The minimum absolute atomic E-state index is 0.338. The lowest BCUT2D eigenvalue weighted by Gasteiger charge is -2.47. The fourth-order valence-corrected chi connectivity index (χ4v) is 3.56. The van der Waals surface area contributed by atoms with Crippen LogP contribution in [-0.2, 0) is 13.6 Å². The summed E-state index contributed by atoms with van der Waals surface area (Å²) in [5.74, 6) is 0.852. The first-order valence-corrected chi connectivity index (χ1v) is 7.43. The van der Waals surface area contributed by atoms with Crippen LogP contribution in [0.15, 0.2) is 0 Å². The number of hydrogen-bond acceptors (Lipinski definition) is 5. The smallest absolute Gasteiger partial charge is 0.188 e. The third-order valence-corrected chi connectivity index (χ3v) is 4.74. The fraction of sp³-hybridized carbons (Fsp3) is 0.923. The number of piperazine rings is 1. The van der Waals surface area contributed by atoms with E-state index >= 15 is 0 Å². The predicted octanol–water partition coefficient (Wildman–Crippen LogP) is 0.707. The summed E-state index contributed by atoms with van der Waals surface area (Å²) in [6.07, 6.45) is 6.49. The van der Waals surface area contributed by atoms with Crippen molar-refractivity contribution in [1.82, 2.24) is 30.4 Å². The zero-order valence-electron chi connectivity index (χ0n) is 12.0. The Hall–Kier alpha value is -1.01. The van der Waals surface area contributed by atoms with Gasteiger partial charge in [0.05, 0.1) is 13.6 Å². The normalized spacial score (nSPS) is 27.2. The van der Waals surface area contributed by atoms with Crippen LogP contribution in [0, 0.1) is 0 Å². The largest absolute Gasteiger partial charge is 0.311 e. The molecule has 0 aromatic carbocycles. The van der Waals surface area contributed by atoms with Crippen molar-refractivity contribution < 1.29 is 0 Å². The Morgan fingerprint density at radius 2 is 2.16 bits per heavy atom. The van der Waals surface area contributed by atoms with E-state index in [-0.39, 0.29) is 0 Å². The Balaban J connectivity index is 1.76. The monoisotopic (exact) mass is 264 g/mol. The number of tetrazole rings is 1. The van der Waals surface area contributed by atoms with Crippen molar-refractivity contribution >= 4 is 0 Å². The Kier molecular flexibility index (Phi) is 3.54. The average Bonchev–Trinajstić information content (AvgIpc) is 3.03. The Labute approximate surface area is 114 Å². The van der Waals surface area contributed by atoms with Crippen LogP contribution in [0.5, 0.6) is 0 Å². The molecule has 1 saturated carbocycles. The number of aryl methyl sites for hydroxylation is 1. The standard InChI is InChI=1S/C13H24N6/c1-3-11-8-19(9-12-15-17-18(2)16-12)13(10-14-11)6-4-5-7-13/h11,14H,3-10H2,1-2H3. The zero-order chi connectivity index (χ0) is 13.3. The van der Waals surface area contributed by atoms with Gasteiger partial charge in [0, 0.05) is 24.7 Å². The van der Waals surface area contributed by atoms with Gasteiger partial charge in [-0.1, -0.05) is 19.8 Å². The molecule has 1 atom stereocenters. The molecule has 6 nitrogen and oxygen atoms in total. The van der Waals surface area contributed by atoms with E-state index in [1.54, 1.807) is 4.80 Å². The first-order valence-electron chi connectivity index (χ1n) is 7.43. The number of nitrogens with one attached hydrogen (secondary N) is 1. The molecule has 2 aliphatic rings. The number of aromatic nitrogens is 4. The maximum Gasteiger partial charge on any atom is 0.188 e. The molecule has 1 aliphatic heterocycles. The van der Waals surface area contributed by atoms with E-state index in [4.69, 9.17) is 0 Å². The zero-order valence-corrected chi connectivity index (χ0v) is 12.0. The summed E-state index contributed by atoms with van der Waals surface area (Å²) < 4.78 is 0. The van der Waals surface area contributed by atoms with Gasteiger partial charge in [0.25, 0.3) is 0 Å². The highest BCUT2D eigenvalue weighted by molar-refractivity contribution is 5.02. The summed E-state index contributed by atoms with van der Waals surface area (Å²) in [6.45, 7) is 5.32. The van der Waals surface area contributed by atoms with E-state index in [9.17, 15) is 0 Å². The Morgan fingerprint density at radius 1 is 1.37 bits per heavy atom. The highest BCUT2D eigenvalue weighted by Crippen LogP contribution is 2.37. The van der Waals surface area contributed by atoms with Crippen molar-refractivity contribution in [1.29, 1.82) is 0 Å². The van der Waals surface area contributed by atoms with Crippen molar-refractivity contribution in [3.05, 3.63) is 5.82 Å². The summed E-state index contributed by atoms with van der Waals surface area (Å²) in [4.78, 5) is 4.16. The maximum atomic E-state index is 4.34. The Bertz CT molecular complexity index is 423. The molecule has 1 aliphatic carbocycles. The van der Waals surface area contributed by atoms with Gasteiger partial charge in [0.1, 0.15) is 0 Å². The van der Waals surface area contributed by atoms with Crippen LogP contribution < -0.4 is 5.32 Å². The maximum absolute atomic E-state index is 4.34. The second-order valence-corrected chi connectivity index (χ2v) is 5.99. The van der Waals surface area contributed by atoms with Gasteiger partial charge < -0.3 is 5.32 Å². The molecule has 0 bridgehead atoms. The molecule has 0 amide bonds. The van der Waals surface area contributed by atoms with Crippen molar-refractivity contribution in [3.8, 4) is 0 Å². The molecule has 19 heavy (non-hydrogen) atoms. The third-order valence-electron chi connectivity index (χ3n) is 4.74. The average molecular weight is 264 g/mol. The van der Waals surface area contributed by atoms with Gasteiger partial charge >= 0.3 is 0 Å². The van der Waals surface area contributed by atoms with Gasteiger partial charge in [-0.05, 0) is 24.5 Å². The van der Waals surface area contributed by atoms with Gasteiger partial charge in [0.15, 0.2) is 5.82 Å². The molecule has 1 saturated heterocycles. The van der Waals surface area contributed by atoms with Gasteiger partial charge in [-0.2, -0.15) is 4.80 Å². The molecule has 6 heteroatoms. The molecule has 1 unspecified atom stereocenters. The van der Waals surface area contributed by atoms with E-state index in [1.807, 2.05) is 7.05 Å². The van der Waals surface area contributed by atoms with Crippen molar-refractivity contribution in [3.63, 3.8) is 0 Å². The van der Waals surface area contributed by atoms with E-state index in [2.05, 4.69) is 32.6 Å². The van der Waals surface area contributed by atoms with Crippen molar-refractivity contribution in [2.75, 3.05) is 13.1 Å². The van der Waals surface area contributed by atoms with Crippen LogP contribution in [0.4, 0.5) is 0 Å². The van der Waals surface area contributed by atoms with E-state index in [0.717, 1.165) is 25.5 Å². The molecule has 1 spiro atoms. The summed E-state index contributed by atoms with van der Waals surface area (Å²) in [5.41, 5.74) is 0.338. The van der Waals surface area contributed by atoms with Crippen LogP contribution in [0.1, 0.15) is 44.9 Å². The van der Waals surface area contributed by atoms with Gasteiger partial charge in [0.2, 0.25) is 0 Å². The minimum atomic E-state index is 0.338. The summed E-state index contributed by atoms with van der Waals surface area (Å²) in [6, 6.07) is 0.600. The second-order valence-electron chi connectivity index (χ2n) is 5.99. The SMILES string of the molecule is CCC1CN(Cc2nnn(C)n2)C2(CCCC2)CN1. The van der Waals surface area contributed by atoms with Crippen molar-refractivity contribution in [2.24, 2.45) is 7.05 Å². The molecule has 1 aromatic rings. The molecule has 2 fully saturated rings. The first-order chi connectivity index (χ1) is 9.22. The number of rotatable bonds is 3. The number of hydrogen-bond donors (Lipinski definition) is 1. The highest BCUT2D eigenvalue weighted by Gasteiger charge is 2.43. The fourth-order valence-electron chi connectivity index (χ4n) is 3.56. The molecular formula is C13H24N6. The number of nitrogens with zero attached hydrogens (tertiary/aromatic N) is 5. The molecule has 3 rings (SSSR count). The summed E-state index contributed by atoms with van der Waals surface area (Å²) in [7, 11) is 1.83. The molecular weight excluding hydrogens is 240 g/mol. The first kappa shape index (κ1) is 13.0. The molecule has 2 heterocycles. The Morgan fingerprint density at radius 3 is 2.79 bits per heavy atom. The van der Waals surface area contributed by atoms with E-state index in [0.29, 0.717) is 11.6 Å². The lowest BCUT2D eigenvalue weighted by molar-refractivity contribution is 0.0327. The molecule has 106 valence electrons. The lowest BCUT2D eigenvalue weighted by Crippen LogP contribution is -2.63. The predicted molar refractivity (Wildman–Crippen MR) is 72.5 cm³/mol. The lowest BCUT2D eigenvalue weighted by atomic mass is 9.90. The molecule has 1 aromatic heterocycles. The third kappa shape index (κ3) is 2.51. The van der Waals surface area contributed by atoms with E-state index < -0.39 is 0 Å². The van der Waals surface area contributed by atoms with Crippen molar-refractivity contribution in [2.45, 2.75) is 57.2 Å². The summed E-state index contributed by atoms with van der Waals surface area (Å²) >= 11 is 0. The van der Waals surface area contributed by atoms with Crippen LogP contribution in [0.2, 0.25) is 0 Å². The summed E-state index contributed by atoms with van der Waals surface area (Å²) in [5, 5.41) is 16.2. The van der Waals surface area contributed by atoms with Crippen LogP contribution in [0.25, 0.3) is 0 Å². The van der Waals surface area contributed by atoms with Gasteiger partial charge in [-0.25, -0.2) is 0 Å². The molecule has 1 N–H and O–H groups in total. The van der Waals surface area contributed by atoms with Gasteiger partial charge in [-0.3, -0.25) is 4.90 Å². The molecule has 0 radical (unpaired) electrons. The topological polar surface area (TPSA) is 58.9 Å². The van der Waals surface area contributed by atoms with Crippen LogP contribution in [-0.4, -0.2) is 49.8 Å². The quantitative estimate of drug-likeness (QED) is 0.871. The second kappa shape index (κ2) is 5.17. The van der Waals surface area contributed by atoms with E-state index in [1.165, 1.54) is 32.1 Å². The van der Waals surface area contributed by atoms with Crippen LogP contribution >= 0.6 is 0 Å². The highest BCUT2D eigenvalue weighted by atomic mass is 15.6. The van der Waals surface area contributed by atoms with Crippen LogP contribution in [0.3, 0.4) is 0 Å². The van der Waals surface area contributed by atoms with Gasteiger partial charge in [-0.15, -0.1) is 10.2 Å².